The minimum Gasteiger partial charge on any atom is -0.376 e. The molecule has 86 valence electrons. The second-order valence-electron chi connectivity index (χ2n) is 3.48. The number of nitrogens with one attached hydrogen (secondary N) is 1. The third-order valence-electron chi connectivity index (χ3n) is 2.05. The van der Waals surface area contributed by atoms with Crippen LogP contribution in [0.2, 0.25) is 0 Å². The highest BCUT2D eigenvalue weighted by molar-refractivity contribution is 9.10. The van der Waals surface area contributed by atoms with Crippen LogP contribution in [0, 0.1) is 22.7 Å². The van der Waals surface area contributed by atoms with Gasteiger partial charge in [-0.25, -0.2) is 0 Å². The number of hydrogen-bond acceptors (Lipinski definition) is 4. The van der Waals surface area contributed by atoms with Crippen LogP contribution in [0.4, 0.5) is 11.4 Å². The quantitative estimate of drug-likeness (QED) is 0.870. The molecule has 1 aromatic carbocycles. The zero-order valence-electron chi connectivity index (χ0n) is 9.53. The van der Waals surface area contributed by atoms with Crippen LogP contribution in [0.15, 0.2) is 34.4 Å². The molecule has 0 atom stereocenters. The van der Waals surface area contributed by atoms with Gasteiger partial charge in [0, 0.05) is 24.8 Å². The highest BCUT2D eigenvalue weighted by atomic mass is 79.9. The van der Waals surface area contributed by atoms with E-state index in [1.165, 1.54) is 6.20 Å². The molecule has 0 fully saturated rings. The van der Waals surface area contributed by atoms with Gasteiger partial charge in [0.15, 0.2) is 0 Å². The molecule has 0 saturated heterocycles. The number of nitrogens with zero attached hydrogens (tertiary/aromatic N) is 3. The van der Waals surface area contributed by atoms with Gasteiger partial charge >= 0.3 is 0 Å². The van der Waals surface area contributed by atoms with E-state index in [2.05, 4.69) is 21.2 Å². The first-order valence-electron chi connectivity index (χ1n) is 4.82. The Bertz CT molecular complexity index is 504. The molecule has 1 rings (SSSR count). The van der Waals surface area contributed by atoms with Gasteiger partial charge in [0.25, 0.3) is 0 Å². The fourth-order valence-corrected chi connectivity index (χ4v) is 1.61. The van der Waals surface area contributed by atoms with Gasteiger partial charge in [0.1, 0.15) is 17.7 Å². The first-order chi connectivity index (χ1) is 8.08. The highest BCUT2D eigenvalue weighted by Crippen LogP contribution is 2.28. The number of halogens is 1. The van der Waals surface area contributed by atoms with E-state index in [-0.39, 0.29) is 5.57 Å². The Labute approximate surface area is 109 Å². The number of nitriles is 2. The van der Waals surface area contributed by atoms with Gasteiger partial charge in [-0.15, -0.1) is 0 Å². The van der Waals surface area contributed by atoms with Gasteiger partial charge in [-0.2, -0.15) is 10.5 Å². The zero-order valence-corrected chi connectivity index (χ0v) is 11.1. The summed E-state index contributed by atoms with van der Waals surface area (Å²) in [6.07, 6.45) is 1.40. The largest absolute Gasteiger partial charge is 0.376 e. The molecule has 17 heavy (non-hydrogen) atoms. The smallest absolute Gasteiger partial charge is 0.145 e. The summed E-state index contributed by atoms with van der Waals surface area (Å²) in [6.45, 7) is 0. The monoisotopic (exact) mass is 290 g/mol. The van der Waals surface area contributed by atoms with Crippen LogP contribution in [-0.2, 0) is 0 Å². The van der Waals surface area contributed by atoms with Crippen LogP contribution in [0.25, 0.3) is 0 Å². The maximum absolute atomic E-state index is 8.64. The third kappa shape index (κ3) is 3.51. The average Bonchev–Trinajstić information content (AvgIpc) is 2.30. The van der Waals surface area contributed by atoms with Crippen molar-refractivity contribution < 1.29 is 0 Å². The molecule has 0 unspecified atom stereocenters. The molecule has 0 aliphatic carbocycles. The molecule has 0 aromatic heterocycles. The van der Waals surface area contributed by atoms with E-state index < -0.39 is 0 Å². The summed E-state index contributed by atoms with van der Waals surface area (Å²) < 4.78 is 0.925. The predicted octanol–water partition coefficient (Wildman–Crippen LogP) is 2.86. The van der Waals surface area contributed by atoms with Crippen LogP contribution in [-0.4, -0.2) is 14.1 Å². The summed E-state index contributed by atoms with van der Waals surface area (Å²) in [5.74, 6) is 0. The molecule has 1 N–H and O–H groups in total. The fourth-order valence-electron chi connectivity index (χ4n) is 1.25. The lowest BCUT2D eigenvalue weighted by molar-refractivity contribution is 1.13. The first-order valence-corrected chi connectivity index (χ1v) is 5.61. The van der Waals surface area contributed by atoms with E-state index in [4.69, 9.17) is 10.5 Å². The molecule has 0 radical (unpaired) electrons. The molecule has 5 heteroatoms. The SMILES string of the molecule is CN(C)c1ccc(Br)cc1NC=C(C#N)C#N. The second kappa shape index (κ2) is 5.93. The van der Waals surface area contributed by atoms with Gasteiger partial charge in [-0.05, 0) is 18.2 Å². The van der Waals surface area contributed by atoms with Crippen molar-refractivity contribution >= 4 is 27.3 Å². The lowest BCUT2D eigenvalue weighted by Crippen LogP contribution is -2.10. The van der Waals surface area contributed by atoms with Gasteiger partial charge in [0.05, 0.1) is 11.4 Å². The molecule has 0 saturated carbocycles. The summed E-state index contributed by atoms with van der Waals surface area (Å²) in [6, 6.07) is 9.36. The van der Waals surface area contributed by atoms with Crippen molar-refractivity contribution in [3.05, 3.63) is 34.4 Å². The topological polar surface area (TPSA) is 62.9 Å². The van der Waals surface area contributed by atoms with Gasteiger partial charge < -0.3 is 10.2 Å². The van der Waals surface area contributed by atoms with Crippen LogP contribution in [0.5, 0.6) is 0 Å². The number of anilines is 2. The Morgan fingerprint density at radius 1 is 1.35 bits per heavy atom. The Morgan fingerprint density at radius 3 is 2.53 bits per heavy atom. The maximum Gasteiger partial charge on any atom is 0.145 e. The Hall–Kier alpha value is -1.98. The molecular formula is C12H11BrN4. The highest BCUT2D eigenvalue weighted by Gasteiger charge is 2.04. The standard InChI is InChI=1S/C12H11BrN4/c1-17(2)12-4-3-10(13)5-11(12)16-8-9(6-14)7-15/h3-5,8,16H,1-2H3. The number of hydrogen-bond donors (Lipinski definition) is 1. The van der Waals surface area contributed by atoms with Crippen molar-refractivity contribution in [1.82, 2.24) is 0 Å². The van der Waals surface area contributed by atoms with Crippen molar-refractivity contribution in [2.45, 2.75) is 0 Å². The Balaban J connectivity index is 3.06. The van der Waals surface area contributed by atoms with E-state index in [0.29, 0.717) is 0 Å². The molecule has 0 spiro atoms. The van der Waals surface area contributed by atoms with E-state index >= 15 is 0 Å². The van der Waals surface area contributed by atoms with Crippen LogP contribution in [0.3, 0.4) is 0 Å². The Morgan fingerprint density at radius 2 is 2.00 bits per heavy atom. The van der Waals surface area contributed by atoms with E-state index in [1.54, 1.807) is 12.1 Å². The van der Waals surface area contributed by atoms with Crippen LogP contribution >= 0.6 is 15.9 Å². The van der Waals surface area contributed by atoms with Crippen molar-refractivity contribution in [2.24, 2.45) is 0 Å². The minimum atomic E-state index is 0.0367. The van der Waals surface area contributed by atoms with Gasteiger partial charge in [-0.1, -0.05) is 15.9 Å². The van der Waals surface area contributed by atoms with Crippen molar-refractivity contribution in [1.29, 1.82) is 10.5 Å². The number of rotatable bonds is 3. The van der Waals surface area contributed by atoms with Crippen LogP contribution in [0.1, 0.15) is 0 Å². The molecule has 0 amide bonds. The van der Waals surface area contributed by atoms with Gasteiger partial charge in [-0.3, -0.25) is 0 Å². The fraction of sp³-hybridized carbons (Fsp3) is 0.167. The van der Waals surface area contributed by atoms with Crippen molar-refractivity contribution in [2.75, 3.05) is 24.3 Å². The maximum atomic E-state index is 8.64. The molecule has 0 bridgehead atoms. The lowest BCUT2D eigenvalue weighted by atomic mass is 10.2. The molecule has 4 nitrogen and oxygen atoms in total. The average molecular weight is 291 g/mol. The Kier molecular flexibility index (Phi) is 4.56. The molecular weight excluding hydrogens is 280 g/mol. The molecule has 0 aliphatic heterocycles. The molecule has 1 aromatic rings. The number of benzene rings is 1. The van der Waals surface area contributed by atoms with Crippen molar-refractivity contribution in [3.8, 4) is 12.1 Å². The summed E-state index contributed by atoms with van der Waals surface area (Å²) >= 11 is 3.38. The third-order valence-corrected chi connectivity index (χ3v) is 2.55. The van der Waals surface area contributed by atoms with E-state index in [9.17, 15) is 0 Å². The summed E-state index contributed by atoms with van der Waals surface area (Å²) in [5.41, 5.74) is 1.83. The lowest BCUT2D eigenvalue weighted by Gasteiger charge is -2.17. The summed E-state index contributed by atoms with van der Waals surface area (Å²) in [7, 11) is 3.85. The predicted molar refractivity (Wildman–Crippen MR) is 71.4 cm³/mol. The first kappa shape index (κ1) is 13.1. The van der Waals surface area contributed by atoms with Crippen molar-refractivity contribution in [3.63, 3.8) is 0 Å². The molecule has 0 heterocycles. The van der Waals surface area contributed by atoms with Gasteiger partial charge in [0.2, 0.25) is 0 Å². The second-order valence-corrected chi connectivity index (χ2v) is 4.40. The van der Waals surface area contributed by atoms with Crippen LogP contribution < -0.4 is 10.2 Å². The van der Waals surface area contributed by atoms with E-state index in [0.717, 1.165) is 15.8 Å². The molecule has 0 aliphatic rings. The normalized spacial score (nSPS) is 8.76. The minimum absolute atomic E-state index is 0.0367. The summed E-state index contributed by atoms with van der Waals surface area (Å²) in [5, 5.41) is 20.2. The number of allylic oxidation sites excluding steroid dienone is 1. The van der Waals surface area contributed by atoms with E-state index in [1.807, 2.05) is 37.2 Å². The summed E-state index contributed by atoms with van der Waals surface area (Å²) in [4.78, 5) is 1.95. The zero-order chi connectivity index (χ0) is 12.8.